The molecule has 0 fully saturated rings. The second kappa shape index (κ2) is 7.39. The highest BCUT2D eigenvalue weighted by molar-refractivity contribution is 6.02. The minimum absolute atomic E-state index is 0.00776. The number of aromatic amines is 1. The molecule has 0 saturated heterocycles. The van der Waals surface area contributed by atoms with Gasteiger partial charge in [-0.2, -0.15) is 5.10 Å². The second-order valence-electron chi connectivity index (χ2n) is 6.63. The van der Waals surface area contributed by atoms with E-state index in [1.165, 1.54) is 0 Å². The van der Waals surface area contributed by atoms with Gasteiger partial charge in [-0.25, -0.2) is 4.79 Å². The number of fused-ring (bicyclic) bond motifs is 2. The summed E-state index contributed by atoms with van der Waals surface area (Å²) in [5, 5.41) is 6.82. The largest absolute Gasteiger partial charge is 0.481 e. The fourth-order valence-electron chi connectivity index (χ4n) is 3.42. The van der Waals surface area contributed by atoms with Crippen molar-refractivity contribution in [1.29, 1.82) is 0 Å². The maximum absolute atomic E-state index is 12.9. The van der Waals surface area contributed by atoms with Gasteiger partial charge in [-0.1, -0.05) is 32.9 Å². The number of benzene rings is 1. The Labute approximate surface area is 158 Å². The molecule has 142 valence electrons. The highest BCUT2D eigenvalue weighted by Crippen LogP contribution is 2.41. The molecule has 1 aromatic carbocycles. The van der Waals surface area contributed by atoms with E-state index in [9.17, 15) is 9.59 Å². The molecule has 27 heavy (non-hydrogen) atoms. The lowest BCUT2D eigenvalue weighted by atomic mass is 9.86. The molecule has 2 aliphatic rings. The molecule has 6 heteroatoms. The summed E-state index contributed by atoms with van der Waals surface area (Å²) in [5.41, 5.74) is 3.04. The lowest BCUT2D eigenvalue weighted by Crippen LogP contribution is -2.35. The van der Waals surface area contributed by atoms with Crippen molar-refractivity contribution >= 4 is 11.8 Å². The number of rotatable bonds is 1. The number of allylic oxidation sites excluding steroid dienone is 1. The first kappa shape index (κ1) is 18.9. The number of ether oxygens (including phenoxy) is 2. The van der Waals surface area contributed by atoms with E-state index in [4.69, 9.17) is 9.47 Å². The van der Waals surface area contributed by atoms with Gasteiger partial charge in [0.05, 0.1) is 5.69 Å². The molecule has 2 heterocycles. The molecule has 0 spiro atoms. The number of aryl methyl sites for hydroxylation is 1. The van der Waals surface area contributed by atoms with Crippen LogP contribution >= 0.6 is 0 Å². The first-order chi connectivity index (χ1) is 13.0. The number of carbonyl (C=O) groups is 2. The monoisotopic (exact) mass is 368 g/mol. The molecule has 4 rings (SSSR count). The van der Waals surface area contributed by atoms with Crippen molar-refractivity contribution in [2.75, 3.05) is 0 Å². The molecular formula is C21H24N2O4. The van der Waals surface area contributed by atoms with Crippen LogP contribution in [0.3, 0.4) is 0 Å². The topological polar surface area (TPSA) is 81.3 Å². The van der Waals surface area contributed by atoms with Gasteiger partial charge in [-0.05, 0) is 25.5 Å². The van der Waals surface area contributed by atoms with Gasteiger partial charge < -0.3 is 9.47 Å². The molecular weight excluding hydrogens is 344 g/mol. The smallest absolute Gasteiger partial charge is 0.347 e. The SMILES string of the molecule is CC.CC1=C2OC(=O)c3c(-c4ccn[nH]4)ccc(C)c3OC2C(C)CC1=O. The zero-order valence-electron chi connectivity index (χ0n) is 16.3. The number of esters is 1. The van der Waals surface area contributed by atoms with Crippen LogP contribution in [-0.2, 0) is 9.53 Å². The average molecular weight is 368 g/mol. The maximum Gasteiger partial charge on any atom is 0.347 e. The van der Waals surface area contributed by atoms with Crippen molar-refractivity contribution in [2.24, 2.45) is 5.92 Å². The van der Waals surface area contributed by atoms with E-state index in [1.807, 2.05) is 39.8 Å². The molecule has 6 nitrogen and oxygen atoms in total. The third-order valence-corrected chi connectivity index (χ3v) is 4.87. The van der Waals surface area contributed by atoms with Crippen LogP contribution in [-0.4, -0.2) is 28.1 Å². The van der Waals surface area contributed by atoms with Crippen LogP contribution in [0.2, 0.25) is 0 Å². The van der Waals surface area contributed by atoms with E-state index in [2.05, 4.69) is 10.2 Å². The first-order valence-corrected chi connectivity index (χ1v) is 9.23. The molecule has 0 saturated carbocycles. The zero-order valence-corrected chi connectivity index (χ0v) is 16.3. The van der Waals surface area contributed by atoms with Crippen LogP contribution in [0.25, 0.3) is 11.3 Å². The van der Waals surface area contributed by atoms with Crippen molar-refractivity contribution in [3.8, 4) is 17.0 Å². The van der Waals surface area contributed by atoms with E-state index in [0.29, 0.717) is 40.3 Å². The van der Waals surface area contributed by atoms with Gasteiger partial charge >= 0.3 is 5.97 Å². The standard InChI is InChI=1S/C19H18N2O4.C2H6/c1-9-4-5-12(13-6-7-20-21-13)15-16(9)24-17-10(2)8-14(22)11(3)18(17)25-19(15)23;1-2/h4-7,10,17H,8H2,1-3H3,(H,20,21);1-2H3. The van der Waals surface area contributed by atoms with Gasteiger partial charge in [0.15, 0.2) is 17.6 Å². The molecule has 1 aliphatic heterocycles. The number of aromatic nitrogens is 2. The van der Waals surface area contributed by atoms with Crippen LogP contribution in [0.1, 0.15) is 50.0 Å². The van der Waals surface area contributed by atoms with Crippen molar-refractivity contribution in [2.45, 2.75) is 47.1 Å². The average Bonchev–Trinajstić information content (AvgIpc) is 3.14. The van der Waals surface area contributed by atoms with E-state index < -0.39 is 12.1 Å². The Morgan fingerprint density at radius 1 is 1.15 bits per heavy atom. The number of Topliss-reactive ketones (excluding diaryl/α,β-unsaturated/α-hetero) is 1. The molecule has 1 aliphatic carbocycles. The number of hydrogen-bond donors (Lipinski definition) is 1. The van der Waals surface area contributed by atoms with Crippen molar-refractivity contribution < 1.29 is 19.1 Å². The van der Waals surface area contributed by atoms with Crippen LogP contribution in [0.5, 0.6) is 5.75 Å². The molecule has 2 atom stereocenters. The lowest BCUT2D eigenvalue weighted by molar-refractivity contribution is -0.118. The van der Waals surface area contributed by atoms with Crippen LogP contribution in [0.15, 0.2) is 35.7 Å². The van der Waals surface area contributed by atoms with Gasteiger partial charge in [-0.15, -0.1) is 0 Å². The first-order valence-electron chi connectivity index (χ1n) is 9.23. The third kappa shape index (κ3) is 3.16. The molecule has 1 aromatic heterocycles. The van der Waals surface area contributed by atoms with Crippen LogP contribution < -0.4 is 4.74 Å². The fraction of sp³-hybridized carbons (Fsp3) is 0.381. The van der Waals surface area contributed by atoms with Crippen molar-refractivity contribution in [1.82, 2.24) is 10.2 Å². The van der Waals surface area contributed by atoms with Crippen LogP contribution in [0.4, 0.5) is 0 Å². The van der Waals surface area contributed by atoms with E-state index in [-0.39, 0.29) is 11.7 Å². The van der Waals surface area contributed by atoms with Crippen molar-refractivity contribution in [3.05, 3.63) is 46.9 Å². The Morgan fingerprint density at radius 3 is 2.56 bits per heavy atom. The summed E-state index contributed by atoms with van der Waals surface area (Å²) in [6.07, 6.45) is 1.56. The van der Waals surface area contributed by atoms with Gasteiger partial charge in [0, 0.05) is 29.7 Å². The Balaban J connectivity index is 0.00000102. The minimum Gasteiger partial charge on any atom is -0.481 e. The molecule has 2 unspecified atom stereocenters. The predicted octanol–water partition coefficient (Wildman–Crippen LogP) is 4.21. The molecule has 0 amide bonds. The zero-order chi connectivity index (χ0) is 19.7. The summed E-state index contributed by atoms with van der Waals surface area (Å²) >= 11 is 0. The Bertz CT molecular complexity index is 913. The van der Waals surface area contributed by atoms with Crippen molar-refractivity contribution in [3.63, 3.8) is 0 Å². The summed E-state index contributed by atoms with van der Waals surface area (Å²) in [7, 11) is 0. The summed E-state index contributed by atoms with van der Waals surface area (Å²) in [6.45, 7) is 9.51. The van der Waals surface area contributed by atoms with Gasteiger partial charge in [-0.3, -0.25) is 9.89 Å². The Kier molecular flexibility index (Phi) is 5.17. The molecule has 1 N–H and O–H groups in total. The molecule has 0 radical (unpaired) electrons. The predicted molar refractivity (Wildman–Crippen MR) is 101 cm³/mol. The molecule has 0 bridgehead atoms. The van der Waals surface area contributed by atoms with Gasteiger partial charge in [0.2, 0.25) is 0 Å². The summed E-state index contributed by atoms with van der Waals surface area (Å²) in [6, 6.07) is 5.53. The highest BCUT2D eigenvalue weighted by Gasteiger charge is 2.40. The minimum atomic E-state index is -0.512. The lowest BCUT2D eigenvalue weighted by Gasteiger charge is -2.29. The maximum atomic E-state index is 12.9. The normalized spacial score (nSPS) is 21.2. The Morgan fingerprint density at radius 2 is 1.89 bits per heavy atom. The highest BCUT2D eigenvalue weighted by atomic mass is 16.6. The van der Waals surface area contributed by atoms with E-state index in [0.717, 1.165) is 5.56 Å². The Hall–Kier alpha value is -2.89. The van der Waals surface area contributed by atoms with Gasteiger partial charge in [0.1, 0.15) is 11.3 Å². The number of nitrogens with one attached hydrogen (secondary N) is 1. The quantitative estimate of drug-likeness (QED) is 0.763. The molecule has 2 aromatic rings. The third-order valence-electron chi connectivity index (χ3n) is 4.87. The number of nitrogens with zero attached hydrogens (tertiary/aromatic N) is 1. The summed E-state index contributed by atoms with van der Waals surface area (Å²) in [5.74, 6) is 0.250. The number of ketones is 1. The summed E-state index contributed by atoms with van der Waals surface area (Å²) < 4.78 is 11.9. The van der Waals surface area contributed by atoms with Gasteiger partial charge in [0.25, 0.3) is 0 Å². The van der Waals surface area contributed by atoms with E-state index >= 15 is 0 Å². The summed E-state index contributed by atoms with van der Waals surface area (Å²) in [4.78, 5) is 25.1. The number of carbonyl (C=O) groups excluding carboxylic acids is 2. The number of hydrogen-bond acceptors (Lipinski definition) is 5. The second-order valence-corrected chi connectivity index (χ2v) is 6.63. The van der Waals surface area contributed by atoms with E-state index in [1.54, 1.807) is 19.2 Å². The van der Waals surface area contributed by atoms with Crippen LogP contribution in [0, 0.1) is 12.8 Å². The number of H-pyrrole nitrogens is 1. The fourth-order valence-corrected chi connectivity index (χ4v) is 3.42.